The number of pyridine rings is 1. The number of carbonyl (C=O) groups excluding carboxylic acids is 2. The van der Waals surface area contributed by atoms with Gasteiger partial charge < -0.3 is 15.4 Å². The first kappa shape index (κ1) is 18.4. The van der Waals surface area contributed by atoms with Crippen molar-refractivity contribution in [2.24, 2.45) is 5.92 Å². The number of hydrogen-bond donors (Lipinski definition) is 2. The highest BCUT2D eigenvalue weighted by molar-refractivity contribution is 5.84. The van der Waals surface area contributed by atoms with Crippen LogP contribution in [0.2, 0.25) is 0 Å². The molecule has 2 heterocycles. The number of aryl methyl sites for hydroxylation is 2. The molecule has 0 saturated heterocycles. The van der Waals surface area contributed by atoms with Gasteiger partial charge in [-0.3, -0.25) is 4.79 Å². The van der Waals surface area contributed by atoms with Gasteiger partial charge in [0, 0.05) is 18.7 Å². The minimum atomic E-state index is -0.574. The van der Waals surface area contributed by atoms with Gasteiger partial charge in [-0.2, -0.15) is 0 Å². The Bertz CT molecular complexity index is 687. The Balaban J connectivity index is 1.56. The molecule has 6 heteroatoms. The lowest BCUT2D eigenvalue weighted by Crippen LogP contribution is -2.47. The zero-order chi connectivity index (χ0) is 18.4. The summed E-state index contributed by atoms with van der Waals surface area (Å²) in [6, 6.07) is 3.51. The molecule has 1 aromatic heterocycles. The van der Waals surface area contributed by atoms with Gasteiger partial charge in [-0.05, 0) is 56.1 Å². The fourth-order valence-corrected chi connectivity index (χ4v) is 3.61. The number of nitrogens with one attached hydrogen (secondary N) is 2. The summed E-state index contributed by atoms with van der Waals surface area (Å²) >= 11 is 0. The second-order valence-corrected chi connectivity index (χ2v) is 6.95. The van der Waals surface area contributed by atoms with Crippen molar-refractivity contribution < 1.29 is 14.3 Å². The van der Waals surface area contributed by atoms with E-state index in [1.165, 1.54) is 12.7 Å². The summed E-state index contributed by atoms with van der Waals surface area (Å²) in [6.45, 7) is 0.945. The minimum Gasteiger partial charge on any atom is -0.467 e. The van der Waals surface area contributed by atoms with Crippen molar-refractivity contribution in [2.45, 2.75) is 51.0 Å². The van der Waals surface area contributed by atoms with Gasteiger partial charge >= 0.3 is 5.97 Å². The van der Waals surface area contributed by atoms with Gasteiger partial charge in [0.2, 0.25) is 5.91 Å². The van der Waals surface area contributed by atoms with Crippen molar-refractivity contribution in [2.75, 3.05) is 19.0 Å². The highest BCUT2D eigenvalue weighted by Gasteiger charge is 2.30. The lowest BCUT2D eigenvalue weighted by molar-refractivity contribution is -0.146. The summed E-state index contributed by atoms with van der Waals surface area (Å²) in [4.78, 5) is 29.1. The van der Waals surface area contributed by atoms with Crippen LogP contribution in [0, 0.1) is 5.92 Å². The van der Waals surface area contributed by atoms with Crippen LogP contribution < -0.4 is 10.6 Å². The maximum Gasteiger partial charge on any atom is 0.328 e. The van der Waals surface area contributed by atoms with Crippen molar-refractivity contribution in [3.63, 3.8) is 0 Å². The average molecular weight is 357 g/mol. The van der Waals surface area contributed by atoms with Crippen molar-refractivity contribution >= 4 is 17.7 Å². The van der Waals surface area contributed by atoms with Crippen molar-refractivity contribution in [1.29, 1.82) is 0 Å². The topological polar surface area (TPSA) is 80.3 Å². The van der Waals surface area contributed by atoms with E-state index in [2.05, 4.69) is 33.8 Å². The number of amides is 1. The molecule has 1 aliphatic carbocycles. The Hall–Kier alpha value is -2.37. The van der Waals surface area contributed by atoms with E-state index in [9.17, 15) is 9.59 Å². The summed E-state index contributed by atoms with van der Waals surface area (Å²) in [5.74, 6) is 0.537. The van der Waals surface area contributed by atoms with Crippen LogP contribution in [-0.2, 0) is 27.2 Å². The van der Waals surface area contributed by atoms with Gasteiger partial charge in [0.15, 0.2) is 0 Å². The van der Waals surface area contributed by atoms with Crippen LogP contribution >= 0.6 is 0 Å². The van der Waals surface area contributed by atoms with Crippen LogP contribution in [0.25, 0.3) is 0 Å². The second-order valence-electron chi connectivity index (χ2n) is 6.95. The average Bonchev–Trinajstić information content (AvgIpc) is 2.70. The summed E-state index contributed by atoms with van der Waals surface area (Å²) in [6.07, 6.45) is 9.82. The number of allylic oxidation sites excluding steroid dienone is 2. The number of anilines is 1. The lowest BCUT2D eigenvalue weighted by Gasteiger charge is -2.26. The minimum absolute atomic E-state index is 0.0995. The van der Waals surface area contributed by atoms with Crippen molar-refractivity contribution in [3.8, 4) is 0 Å². The largest absolute Gasteiger partial charge is 0.467 e. The Morgan fingerprint density at radius 1 is 1.38 bits per heavy atom. The smallest absolute Gasteiger partial charge is 0.328 e. The number of aromatic nitrogens is 1. The maximum atomic E-state index is 12.4. The molecule has 2 aliphatic rings. The predicted molar refractivity (Wildman–Crippen MR) is 99.8 cm³/mol. The molecule has 0 bridgehead atoms. The SMILES string of the molecule is COC(=O)C(NC(=O)CCc1ccc2c(n1)NCCC2)C1CC=CCC1. The van der Waals surface area contributed by atoms with Crippen molar-refractivity contribution in [3.05, 3.63) is 35.5 Å². The summed E-state index contributed by atoms with van der Waals surface area (Å²) in [5, 5.41) is 6.19. The highest BCUT2D eigenvalue weighted by atomic mass is 16.5. The van der Waals surface area contributed by atoms with E-state index in [1.54, 1.807) is 0 Å². The zero-order valence-electron chi connectivity index (χ0n) is 15.3. The Morgan fingerprint density at radius 3 is 3.04 bits per heavy atom. The molecular formula is C20H27N3O3. The number of carbonyl (C=O) groups is 2. The van der Waals surface area contributed by atoms with Gasteiger partial charge in [-0.1, -0.05) is 18.2 Å². The van der Waals surface area contributed by atoms with Gasteiger partial charge in [-0.15, -0.1) is 0 Å². The molecule has 0 radical (unpaired) electrons. The third-order valence-electron chi connectivity index (χ3n) is 5.11. The number of esters is 1. The molecule has 1 aromatic rings. The second kappa shape index (κ2) is 8.83. The number of methoxy groups -OCH3 is 1. The fourth-order valence-electron chi connectivity index (χ4n) is 3.61. The van der Waals surface area contributed by atoms with Crippen LogP contribution in [0.3, 0.4) is 0 Å². The first-order valence-corrected chi connectivity index (χ1v) is 9.42. The molecule has 0 saturated carbocycles. The van der Waals surface area contributed by atoms with E-state index < -0.39 is 6.04 Å². The van der Waals surface area contributed by atoms with Gasteiger partial charge in [0.25, 0.3) is 0 Å². The number of nitrogens with zero attached hydrogens (tertiary/aromatic N) is 1. The van der Waals surface area contributed by atoms with E-state index >= 15 is 0 Å². The number of ether oxygens (including phenoxy) is 1. The standard InChI is InChI=1S/C20H27N3O3/c1-26-20(25)18(14-6-3-2-4-7-14)23-17(24)12-11-16-10-9-15-8-5-13-21-19(15)22-16/h2-3,9-10,14,18H,4-8,11-13H2,1H3,(H,21,22)(H,23,24). The third-order valence-corrected chi connectivity index (χ3v) is 5.11. The maximum absolute atomic E-state index is 12.4. The number of hydrogen-bond acceptors (Lipinski definition) is 5. The summed E-state index contributed by atoms with van der Waals surface area (Å²) < 4.78 is 4.89. The Labute approximate surface area is 154 Å². The molecule has 140 valence electrons. The van der Waals surface area contributed by atoms with Gasteiger partial charge in [-0.25, -0.2) is 9.78 Å². The van der Waals surface area contributed by atoms with Crippen LogP contribution in [0.4, 0.5) is 5.82 Å². The quantitative estimate of drug-likeness (QED) is 0.604. The van der Waals surface area contributed by atoms with E-state index in [0.29, 0.717) is 12.8 Å². The van der Waals surface area contributed by atoms with Crippen LogP contribution in [0.1, 0.15) is 43.4 Å². The van der Waals surface area contributed by atoms with Crippen LogP contribution in [0.15, 0.2) is 24.3 Å². The monoisotopic (exact) mass is 357 g/mol. The lowest BCUT2D eigenvalue weighted by atomic mass is 9.87. The fraction of sp³-hybridized carbons (Fsp3) is 0.550. The predicted octanol–water partition coefficient (Wildman–Crippen LogP) is 2.39. The van der Waals surface area contributed by atoms with Gasteiger partial charge in [0.05, 0.1) is 7.11 Å². The molecule has 3 rings (SSSR count). The van der Waals surface area contributed by atoms with E-state index in [1.807, 2.05) is 6.07 Å². The molecule has 0 aromatic carbocycles. The summed E-state index contributed by atoms with van der Waals surface area (Å²) in [5.41, 5.74) is 2.13. The Kier molecular flexibility index (Phi) is 6.26. The highest BCUT2D eigenvalue weighted by Crippen LogP contribution is 2.23. The molecule has 2 N–H and O–H groups in total. The number of rotatable bonds is 6. The Morgan fingerprint density at radius 2 is 2.27 bits per heavy atom. The van der Waals surface area contributed by atoms with Crippen LogP contribution in [0.5, 0.6) is 0 Å². The van der Waals surface area contributed by atoms with Gasteiger partial charge in [0.1, 0.15) is 11.9 Å². The van der Waals surface area contributed by atoms with E-state index in [4.69, 9.17) is 4.74 Å². The van der Waals surface area contributed by atoms with Crippen LogP contribution in [-0.4, -0.2) is 36.6 Å². The third kappa shape index (κ3) is 4.62. The molecule has 2 atom stereocenters. The van der Waals surface area contributed by atoms with Crippen molar-refractivity contribution in [1.82, 2.24) is 10.3 Å². The van der Waals surface area contributed by atoms with E-state index in [-0.39, 0.29) is 17.8 Å². The molecule has 26 heavy (non-hydrogen) atoms. The molecule has 0 fully saturated rings. The normalized spacial score (nSPS) is 19.8. The first-order chi connectivity index (χ1) is 12.7. The first-order valence-electron chi connectivity index (χ1n) is 9.42. The molecule has 0 spiro atoms. The zero-order valence-corrected chi connectivity index (χ0v) is 15.3. The molecule has 1 amide bonds. The molecular weight excluding hydrogens is 330 g/mol. The number of fused-ring (bicyclic) bond motifs is 1. The van der Waals surface area contributed by atoms with E-state index in [0.717, 1.165) is 50.2 Å². The summed E-state index contributed by atoms with van der Waals surface area (Å²) in [7, 11) is 1.37. The molecule has 2 unspecified atom stereocenters. The molecule has 1 aliphatic heterocycles. The molecule has 6 nitrogen and oxygen atoms in total.